The molecule has 28 heavy (non-hydrogen) atoms. The minimum absolute atomic E-state index is 0.0228. The van der Waals surface area contributed by atoms with Crippen LogP contribution in [0.4, 0.5) is 11.5 Å². The first-order valence-electron chi connectivity index (χ1n) is 9.62. The number of anilines is 2. The van der Waals surface area contributed by atoms with E-state index in [9.17, 15) is 4.79 Å². The van der Waals surface area contributed by atoms with E-state index in [0.717, 1.165) is 48.8 Å². The number of carbonyl (C=O) groups excluding carboxylic acids is 1. The molecule has 1 N–H and O–H groups in total. The zero-order valence-corrected chi connectivity index (χ0v) is 15.8. The third-order valence-corrected chi connectivity index (χ3v) is 5.00. The number of para-hydroxylation sites is 1. The van der Waals surface area contributed by atoms with Gasteiger partial charge in [-0.3, -0.25) is 9.69 Å². The summed E-state index contributed by atoms with van der Waals surface area (Å²) in [4.78, 5) is 21.5. The van der Waals surface area contributed by atoms with Crippen LogP contribution in [0.2, 0.25) is 0 Å². The fourth-order valence-electron chi connectivity index (χ4n) is 3.53. The molecule has 0 atom stereocenters. The number of carbonyl (C=O) groups is 1. The Hall–Kier alpha value is -3.18. The quantitative estimate of drug-likeness (QED) is 0.745. The number of benzene rings is 2. The van der Waals surface area contributed by atoms with E-state index >= 15 is 0 Å². The fourth-order valence-corrected chi connectivity index (χ4v) is 3.53. The highest BCUT2D eigenvalue weighted by atomic mass is 16.2. The number of rotatable bonds is 5. The van der Waals surface area contributed by atoms with Crippen LogP contribution in [-0.4, -0.2) is 48.5 Å². The SMILES string of the molecule is O=C(CN1CCN(c2ccccn2)CC1)Nc1ccccc1-c1ccccc1. The first kappa shape index (κ1) is 18.2. The van der Waals surface area contributed by atoms with Crippen LogP contribution in [0.3, 0.4) is 0 Å². The predicted octanol–water partition coefficient (Wildman–Crippen LogP) is 3.51. The molecule has 0 spiro atoms. The van der Waals surface area contributed by atoms with Gasteiger partial charge >= 0.3 is 0 Å². The summed E-state index contributed by atoms with van der Waals surface area (Å²) < 4.78 is 0. The number of pyridine rings is 1. The van der Waals surface area contributed by atoms with E-state index in [2.05, 4.69) is 32.2 Å². The summed E-state index contributed by atoms with van der Waals surface area (Å²) in [5, 5.41) is 3.09. The highest BCUT2D eigenvalue weighted by Crippen LogP contribution is 2.27. The molecular formula is C23H24N4O. The van der Waals surface area contributed by atoms with E-state index in [-0.39, 0.29) is 5.91 Å². The fraction of sp³-hybridized carbons (Fsp3) is 0.217. The van der Waals surface area contributed by atoms with Gasteiger partial charge < -0.3 is 10.2 Å². The average Bonchev–Trinajstić information content (AvgIpc) is 2.76. The molecule has 3 aromatic rings. The molecule has 4 rings (SSSR count). The highest BCUT2D eigenvalue weighted by molar-refractivity contribution is 5.96. The average molecular weight is 372 g/mol. The van der Waals surface area contributed by atoms with Crippen LogP contribution in [0.25, 0.3) is 11.1 Å². The Morgan fingerprint density at radius 1 is 0.857 bits per heavy atom. The molecule has 0 saturated carbocycles. The van der Waals surface area contributed by atoms with E-state index in [1.807, 2.05) is 66.9 Å². The van der Waals surface area contributed by atoms with E-state index in [0.29, 0.717) is 6.54 Å². The Bertz CT molecular complexity index is 906. The van der Waals surface area contributed by atoms with Crippen molar-refractivity contribution in [3.05, 3.63) is 79.0 Å². The minimum Gasteiger partial charge on any atom is -0.354 e. The topological polar surface area (TPSA) is 48.5 Å². The van der Waals surface area contributed by atoms with Crippen LogP contribution in [-0.2, 0) is 4.79 Å². The molecule has 0 aliphatic carbocycles. The second kappa shape index (κ2) is 8.67. The van der Waals surface area contributed by atoms with Crippen molar-refractivity contribution >= 4 is 17.4 Å². The van der Waals surface area contributed by atoms with Gasteiger partial charge in [0.2, 0.25) is 5.91 Å². The van der Waals surface area contributed by atoms with E-state index in [1.54, 1.807) is 0 Å². The maximum absolute atomic E-state index is 12.6. The Labute approximate surface area is 165 Å². The third kappa shape index (κ3) is 4.38. The number of nitrogens with zero attached hydrogens (tertiary/aromatic N) is 3. The molecule has 1 aliphatic heterocycles. The van der Waals surface area contributed by atoms with Gasteiger partial charge in [0.15, 0.2) is 0 Å². The lowest BCUT2D eigenvalue weighted by atomic mass is 10.0. The largest absolute Gasteiger partial charge is 0.354 e. The third-order valence-electron chi connectivity index (χ3n) is 5.00. The molecular weight excluding hydrogens is 348 g/mol. The molecule has 5 heteroatoms. The van der Waals surface area contributed by atoms with Crippen molar-refractivity contribution in [2.24, 2.45) is 0 Å². The van der Waals surface area contributed by atoms with Crippen molar-refractivity contribution in [3.8, 4) is 11.1 Å². The molecule has 1 aliphatic rings. The van der Waals surface area contributed by atoms with E-state index in [1.165, 1.54) is 0 Å². The van der Waals surface area contributed by atoms with Crippen molar-refractivity contribution in [1.82, 2.24) is 9.88 Å². The van der Waals surface area contributed by atoms with Gasteiger partial charge in [-0.2, -0.15) is 0 Å². The van der Waals surface area contributed by atoms with Gasteiger partial charge in [-0.05, 0) is 23.8 Å². The maximum atomic E-state index is 12.6. The van der Waals surface area contributed by atoms with Gasteiger partial charge in [-0.15, -0.1) is 0 Å². The molecule has 1 saturated heterocycles. The summed E-state index contributed by atoms with van der Waals surface area (Å²) in [6.07, 6.45) is 1.82. The Morgan fingerprint density at radius 2 is 1.57 bits per heavy atom. The number of amides is 1. The van der Waals surface area contributed by atoms with Gasteiger partial charge in [0, 0.05) is 43.6 Å². The summed E-state index contributed by atoms with van der Waals surface area (Å²) in [5.74, 6) is 1.03. The van der Waals surface area contributed by atoms with E-state index in [4.69, 9.17) is 0 Å². The molecule has 1 amide bonds. The molecule has 0 bridgehead atoms. The van der Waals surface area contributed by atoms with Crippen LogP contribution in [0, 0.1) is 0 Å². The number of hydrogen-bond acceptors (Lipinski definition) is 4. The number of hydrogen-bond donors (Lipinski definition) is 1. The smallest absolute Gasteiger partial charge is 0.238 e. The van der Waals surface area contributed by atoms with Gasteiger partial charge in [-0.25, -0.2) is 4.98 Å². The van der Waals surface area contributed by atoms with Crippen LogP contribution in [0.1, 0.15) is 0 Å². The second-order valence-corrected chi connectivity index (χ2v) is 6.91. The molecule has 0 unspecified atom stereocenters. The van der Waals surface area contributed by atoms with Crippen LogP contribution in [0.15, 0.2) is 79.0 Å². The zero-order valence-electron chi connectivity index (χ0n) is 15.8. The minimum atomic E-state index is 0.0228. The molecule has 142 valence electrons. The van der Waals surface area contributed by atoms with E-state index < -0.39 is 0 Å². The first-order chi connectivity index (χ1) is 13.8. The monoisotopic (exact) mass is 372 g/mol. The molecule has 2 aromatic carbocycles. The van der Waals surface area contributed by atoms with Crippen molar-refractivity contribution < 1.29 is 4.79 Å². The lowest BCUT2D eigenvalue weighted by Gasteiger charge is -2.35. The van der Waals surface area contributed by atoms with Crippen LogP contribution >= 0.6 is 0 Å². The van der Waals surface area contributed by atoms with Crippen molar-refractivity contribution in [3.63, 3.8) is 0 Å². The van der Waals surface area contributed by atoms with Crippen molar-refractivity contribution in [1.29, 1.82) is 0 Å². The Kier molecular flexibility index (Phi) is 5.64. The summed E-state index contributed by atoms with van der Waals surface area (Å²) in [6.45, 7) is 3.86. The summed E-state index contributed by atoms with van der Waals surface area (Å²) in [7, 11) is 0. The maximum Gasteiger partial charge on any atom is 0.238 e. The van der Waals surface area contributed by atoms with Crippen LogP contribution < -0.4 is 10.2 Å². The normalized spacial score (nSPS) is 14.6. The lowest BCUT2D eigenvalue weighted by Crippen LogP contribution is -2.48. The second-order valence-electron chi connectivity index (χ2n) is 6.91. The van der Waals surface area contributed by atoms with Crippen LogP contribution in [0.5, 0.6) is 0 Å². The number of nitrogens with one attached hydrogen (secondary N) is 1. The van der Waals surface area contributed by atoms with Crippen molar-refractivity contribution in [2.45, 2.75) is 0 Å². The summed E-state index contributed by atoms with van der Waals surface area (Å²) in [6, 6.07) is 24.0. The van der Waals surface area contributed by atoms with Gasteiger partial charge in [0.05, 0.1) is 6.54 Å². The summed E-state index contributed by atoms with van der Waals surface area (Å²) in [5.41, 5.74) is 2.99. The van der Waals surface area contributed by atoms with Gasteiger partial charge in [-0.1, -0.05) is 54.6 Å². The van der Waals surface area contributed by atoms with Crippen molar-refractivity contribution in [2.75, 3.05) is 42.9 Å². The lowest BCUT2D eigenvalue weighted by molar-refractivity contribution is -0.117. The summed E-state index contributed by atoms with van der Waals surface area (Å²) >= 11 is 0. The Morgan fingerprint density at radius 3 is 2.32 bits per heavy atom. The molecule has 1 fully saturated rings. The number of piperazine rings is 1. The number of aromatic nitrogens is 1. The molecule has 2 heterocycles. The van der Waals surface area contributed by atoms with Gasteiger partial charge in [0.1, 0.15) is 5.82 Å². The molecule has 0 radical (unpaired) electrons. The van der Waals surface area contributed by atoms with Gasteiger partial charge in [0.25, 0.3) is 0 Å². The predicted molar refractivity (Wildman–Crippen MR) is 113 cm³/mol. The first-order valence-corrected chi connectivity index (χ1v) is 9.62. The highest BCUT2D eigenvalue weighted by Gasteiger charge is 2.20. The molecule has 5 nitrogen and oxygen atoms in total. The Balaban J connectivity index is 1.35. The molecule has 1 aromatic heterocycles. The standard InChI is InChI=1S/C23H24N4O/c28-23(18-26-14-16-27(17-15-26)22-12-6-7-13-24-22)25-21-11-5-4-10-20(21)19-8-2-1-3-9-19/h1-13H,14-18H2,(H,25,28). The zero-order chi connectivity index (χ0) is 19.2.